The van der Waals surface area contributed by atoms with Gasteiger partial charge in [-0.25, -0.2) is 0 Å². The Morgan fingerprint density at radius 2 is 1.85 bits per heavy atom. The molecule has 112 valence electrons. The third-order valence-corrected chi connectivity index (χ3v) is 4.60. The van der Waals surface area contributed by atoms with Crippen molar-refractivity contribution >= 4 is 10.1 Å². The third-order valence-electron chi connectivity index (χ3n) is 3.16. The van der Waals surface area contributed by atoms with Gasteiger partial charge < -0.3 is 9.47 Å². The van der Waals surface area contributed by atoms with Gasteiger partial charge >= 0.3 is 0 Å². The van der Waals surface area contributed by atoms with Crippen LogP contribution < -0.4 is 0 Å². The Bertz CT molecular complexity index is 555. The molecule has 0 aromatic heterocycles. The van der Waals surface area contributed by atoms with Crippen LogP contribution in [0.1, 0.15) is 19.4 Å². The van der Waals surface area contributed by atoms with Crippen molar-refractivity contribution in [2.45, 2.75) is 31.5 Å². The number of hydrogen-bond donors (Lipinski definition) is 0. The van der Waals surface area contributed by atoms with Crippen LogP contribution in [0.2, 0.25) is 0 Å². The summed E-state index contributed by atoms with van der Waals surface area (Å²) in [5, 5.41) is 0. The highest BCUT2D eigenvalue weighted by Crippen LogP contribution is 2.22. The lowest BCUT2D eigenvalue weighted by Gasteiger charge is -2.34. The third kappa shape index (κ3) is 3.79. The molecule has 1 heterocycles. The molecule has 1 aromatic rings. The molecule has 0 radical (unpaired) electrons. The van der Waals surface area contributed by atoms with Gasteiger partial charge in [-0.3, -0.25) is 4.18 Å². The fraction of sp³-hybridized carbons (Fsp3) is 0.571. The first kappa shape index (κ1) is 15.4. The molecule has 1 aliphatic heterocycles. The average molecular weight is 300 g/mol. The first-order valence-corrected chi connectivity index (χ1v) is 7.94. The molecule has 0 atom stereocenters. The molecule has 0 N–H and O–H groups in total. The molecule has 1 fully saturated rings. The molecule has 0 amide bonds. The Balaban J connectivity index is 1.96. The molecule has 0 spiro atoms. The summed E-state index contributed by atoms with van der Waals surface area (Å²) < 4.78 is 40.3. The molecule has 20 heavy (non-hydrogen) atoms. The first-order valence-electron chi connectivity index (χ1n) is 6.53. The molecular weight excluding hydrogens is 280 g/mol. The number of hydrogen-bond acceptors (Lipinski definition) is 5. The van der Waals surface area contributed by atoms with Crippen LogP contribution >= 0.6 is 0 Å². The summed E-state index contributed by atoms with van der Waals surface area (Å²) in [6, 6.07) is 6.76. The number of benzene rings is 1. The molecule has 0 aliphatic carbocycles. The maximum absolute atomic E-state index is 12.1. The van der Waals surface area contributed by atoms with Gasteiger partial charge in [0.1, 0.15) is 0 Å². The van der Waals surface area contributed by atoms with E-state index in [2.05, 4.69) is 0 Å². The number of rotatable bonds is 4. The molecule has 2 rings (SSSR count). The van der Waals surface area contributed by atoms with Crippen LogP contribution in [-0.4, -0.2) is 34.0 Å². The van der Waals surface area contributed by atoms with Gasteiger partial charge in [-0.15, -0.1) is 0 Å². The minimum Gasteiger partial charge on any atom is -0.350 e. The smallest absolute Gasteiger partial charge is 0.297 e. The Labute approximate surface area is 120 Å². The van der Waals surface area contributed by atoms with E-state index in [4.69, 9.17) is 13.7 Å². The van der Waals surface area contributed by atoms with E-state index in [0.29, 0.717) is 18.8 Å². The van der Waals surface area contributed by atoms with E-state index in [1.54, 1.807) is 31.2 Å². The highest BCUT2D eigenvalue weighted by atomic mass is 32.2. The predicted octanol–water partition coefficient (Wildman–Crippen LogP) is 2.10. The lowest BCUT2D eigenvalue weighted by Crippen LogP contribution is -2.41. The second kappa shape index (κ2) is 5.81. The zero-order chi connectivity index (χ0) is 14.8. The normalized spacial score (nSPS) is 19.9. The van der Waals surface area contributed by atoms with Crippen molar-refractivity contribution in [1.29, 1.82) is 0 Å². The average Bonchev–Trinajstić information content (AvgIpc) is 2.38. The van der Waals surface area contributed by atoms with E-state index in [1.807, 2.05) is 13.8 Å². The van der Waals surface area contributed by atoms with Crippen LogP contribution in [0.25, 0.3) is 0 Å². The van der Waals surface area contributed by atoms with Crippen LogP contribution in [0, 0.1) is 12.8 Å². The summed E-state index contributed by atoms with van der Waals surface area (Å²) in [6.07, 6.45) is 0. The van der Waals surface area contributed by atoms with E-state index < -0.39 is 15.9 Å². The summed E-state index contributed by atoms with van der Waals surface area (Å²) in [5.41, 5.74) is 0.671. The molecular formula is C14H20O5S. The van der Waals surface area contributed by atoms with E-state index in [1.165, 1.54) is 0 Å². The fourth-order valence-corrected chi connectivity index (χ4v) is 3.12. The Hall–Kier alpha value is -0.950. The number of aryl methyl sites for hydroxylation is 1. The SMILES string of the molecule is Cc1ccccc1S(=O)(=O)OCC1COC(C)(C)OC1. The maximum atomic E-state index is 12.1. The highest BCUT2D eigenvalue weighted by Gasteiger charge is 2.29. The molecule has 0 saturated carbocycles. The Kier molecular flexibility index (Phi) is 4.49. The minimum absolute atomic E-state index is 0.0622. The summed E-state index contributed by atoms with van der Waals surface area (Å²) in [7, 11) is -3.73. The summed E-state index contributed by atoms with van der Waals surface area (Å²) in [6.45, 7) is 6.31. The predicted molar refractivity (Wildman–Crippen MR) is 73.8 cm³/mol. The highest BCUT2D eigenvalue weighted by molar-refractivity contribution is 7.86. The van der Waals surface area contributed by atoms with Gasteiger partial charge in [0.2, 0.25) is 0 Å². The van der Waals surface area contributed by atoms with Crippen LogP contribution in [0.4, 0.5) is 0 Å². The zero-order valence-corrected chi connectivity index (χ0v) is 12.8. The first-order chi connectivity index (χ1) is 9.30. The quantitative estimate of drug-likeness (QED) is 0.797. The van der Waals surface area contributed by atoms with Gasteiger partial charge in [-0.1, -0.05) is 18.2 Å². The molecule has 1 saturated heterocycles. The molecule has 0 unspecified atom stereocenters. The lowest BCUT2D eigenvalue weighted by molar-refractivity contribution is -0.264. The van der Waals surface area contributed by atoms with E-state index in [9.17, 15) is 8.42 Å². The van der Waals surface area contributed by atoms with Crippen molar-refractivity contribution in [2.75, 3.05) is 19.8 Å². The standard InChI is InChI=1S/C14H20O5S/c1-11-6-4-5-7-13(11)20(15,16)19-10-12-8-17-14(2,3)18-9-12/h4-7,12H,8-10H2,1-3H3. The molecule has 5 nitrogen and oxygen atoms in total. The Morgan fingerprint density at radius 1 is 1.25 bits per heavy atom. The van der Waals surface area contributed by atoms with Gasteiger partial charge in [-0.2, -0.15) is 8.42 Å². The summed E-state index contributed by atoms with van der Waals surface area (Å²) in [5.74, 6) is -0.687. The second-order valence-electron chi connectivity index (χ2n) is 5.39. The summed E-state index contributed by atoms with van der Waals surface area (Å²) >= 11 is 0. The van der Waals surface area contributed by atoms with Crippen molar-refractivity contribution < 1.29 is 22.1 Å². The van der Waals surface area contributed by atoms with Gasteiger partial charge in [0.15, 0.2) is 5.79 Å². The largest absolute Gasteiger partial charge is 0.350 e. The van der Waals surface area contributed by atoms with Crippen molar-refractivity contribution in [3.63, 3.8) is 0 Å². The van der Waals surface area contributed by atoms with E-state index >= 15 is 0 Å². The molecule has 1 aliphatic rings. The zero-order valence-electron chi connectivity index (χ0n) is 12.0. The molecule has 1 aromatic carbocycles. The lowest BCUT2D eigenvalue weighted by atomic mass is 10.1. The minimum atomic E-state index is -3.73. The summed E-state index contributed by atoms with van der Waals surface area (Å²) in [4.78, 5) is 0.206. The fourth-order valence-electron chi connectivity index (χ4n) is 1.91. The van der Waals surface area contributed by atoms with Crippen LogP contribution in [-0.2, 0) is 23.8 Å². The van der Waals surface area contributed by atoms with Crippen LogP contribution in [0.15, 0.2) is 29.2 Å². The Morgan fingerprint density at radius 3 is 2.45 bits per heavy atom. The van der Waals surface area contributed by atoms with Gasteiger partial charge in [0, 0.05) is 5.92 Å². The molecule has 0 bridgehead atoms. The number of ether oxygens (including phenoxy) is 2. The van der Waals surface area contributed by atoms with Crippen molar-refractivity contribution in [3.05, 3.63) is 29.8 Å². The van der Waals surface area contributed by atoms with Crippen molar-refractivity contribution in [1.82, 2.24) is 0 Å². The van der Waals surface area contributed by atoms with Crippen molar-refractivity contribution in [3.8, 4) is 0 Å². The van der Waals surface area contributed by atoms with Crippen molar-refractivity contribution in [2.24, 2.45) is 5.92 Å². The monoisotopic (exact) mass is 300 g/mol. The van der Waals surface area contributed by atoms with Gasteiger partial charge in [-0.05, 0) is 32.4 Å². The van der Waals surface area contributed by atoms with E-state index in [-0.39, 0.29) is 17.4 Å². The maximum Gasteiger partial charge on any atom is 0.297 e. The van der Waals surface area contributed by atoms with Crippen LogP contribution in [0.5, 0.6) is 0 Å². The van der Waals surface area contributed by atoms with E-state index in [0.717, 1.165) is 0 Å². The molecule has 6 heteroatoms. The van der Waals surface area contributed by atoms with Gasteiger partial charge in [0.25, 0.3) is 10.1 Å². The topological polar surface area (TPSA) is 61.8 Å². The second-order valence-corrected chi connectivity index (χ2v) is 6.98. The van der Waals surface area contributed by atoms with Crippen LogP contribution in [0.3, 0.4) is 0 Å². The van der Waals surface area contributed by atoms with Gasteiger partial charge in [0.05, 0.1) is 24.7 Å².